The number of pyridine rings is 1. The van der Waals surface area contributed by atoms with E-state index in [1.807, 2.05) is 6.07 Å². The summed E-state index contributed by atoms with van der Waals surface area (Å²) in [7, 11) is 0. The summed E-state index contributed by atoms with van der Waals surface area (Å²) in [5, 5.41) is 4.05. The molecule has 0 atom stereocenters. The lowest BCUT2D eigenvalue weighted by molar-refractivity contribution is 0.0954. The van der Waals surface area contributed by atoms with E-state index < -0.39 is 0 Å². The molecule has 0 aliphatic heterocycles. The van der Waals surface area contributed by atoms with Crippen molar-refractivity contribution in [1.82, 2.24) is 10.3 Å². The molecule has 0 spiro atoms. The molecule has 20 heavy (non-hydrogen) atoms. The van der Waals surface area contributed by atoms with Crippen LogP contribution < -0.4 is 5.32 Å². The van der Waals surface area contributed by atoms with Gasteiger partial charge in [0.05, 0.1) is 0 Å². The van der Waals surface area contributed by atoms with Crippen LogP contribution in [0.2, 0.25) is 10.0 Å². The number of carbonyl (C=O) groups excluding carboxylic acids is 1. The van der Waals surface area contributed by atoms with Crippen molar-refractivity contribution in [2.24, 2.45) is 0 Å². The number of carbonyl (C=O) groups is 1. The van der Waals surface area contributed by atoms with Crippen LogP contribution in [0, 0.1) is 0 Å². The highest BCUT2D eigenvalue weighted by Crippen LogP contribution is 2.21. The van der Waals surface area contributed by atoms with Crippen LogP contribution in [0.5, 0.6) is 0 Å². The summed E-state index contributed by atoms with van der Waals surface area (Å²) in [4.78, 5) is 15.6. The zero-order chi connectivity index (χ0) is 13.7. The van der Waals surface area contributed by atoms with Crippen LogP contribution in [0.1, 0.15) is 15.9 Å². The first kappa shape index (κ1) is 16.8. The molecule has 0 aliphatic rings. The number of rotatable bonds is 4. The van der Waals surface area contributed by atoms with Crippen molar-refractivity contribution in [3.63, 3.8) is 0 Å². The maximum atomic E-state index is 11.8. The fourth-order valence-corrected chi connectivity index (χ4v) is 2.14. The Morgan fingerprint density at radius 1 is 1.15 bits per heavy atom. The molecule has 0 radical (unpaired) electrons. The minimum Gasteiger partial charge on any atom is -0.352 e. The largest absolute Gasteiger partial charge is 0.352 e. The van der Waals surface area contributed by atoms with Gasteiger partial charge in [-0.2, -0.15) is 0 Å². The van der Waals surface area contributed by atoms with Gasteiger partial charge in [-0.25, -0.2) is 0 Å². The SMILES string of the molecule is Cl.O=C(NCCc1ccc(Cl)cc1Cl)c1ccncc1. The predicted molar refractivity (Wildman–Crippen MR) is 84.0 cm³/mol. The van der Waals surface area contributed by atoms with Crippen molar-refractivity contribution in [3.8, 4) is 0 Å². The number of nitrogens with zero attached hydrogens (tertiary/aromatic N) is 1. The number of hydrogen-bond donors (Lipinski definition) is 1. The van der Waals surface area contributed by atoms with Crippen molar-refractivity contribution in [2.45, 2.75) is 6.42 Å². The van der Waals surface area contributed by atoms with Crippen molar-refractivity contribution in [3.05, 3.63) is 63.9 Å². The molecule has 2 aromatic rings. The minimum absolute atomic E-state index is 0. The third kappa shape index (κ3) is 4.67. The number of hydrogen-bond acceptors (Lipinski definition) is 2. The van der Waals surface area contributed by atoms with Crippen LogP contribution in [0.15, 0.2) is 42.7 Å². The lowest BCUT2D eigenvalue weighted by Gasteiger charge is -2.07. The third-order valence-corrected chi connectivity index (χ3v) is 3.22. The van der Waals surface area contributed by atoms with Crippen molar-refractivity contribution in [1.29, 1.82) is 0 Å². The van der Waals surface area contributed by atoms with Gasteiger partial charge in [0.2, 0.25) is 0 Å². The van der Waals surface area contributed by atoms with E-state index in [1.54, 1.807) is 36.7 Å². The smallest absolute Gasteiger partial charge is 0.251 e. The molecule has 1 aromatic heterocycles. The van der Waals surface area contributed by atoms with E-state index >= 15 is 0 Å². The molecule has 0 bridgehead atoms. The molecular weight excluding hydrogens is 319 g/mol. The van der Waals surface area contributed by atoms with Gasteiger partial charge in [0.15, 0.2) is 0 Å². The van der Waals surface area contributed by atoms with Crippen molar-refractivity contribution in [2.75, 3.05) is 6.54 Å². The van der Waals surface area contributed by atoms with Gasteiger partial charge in [0.25, 0.3) is 5.91 Å². The first-order valence-electron chi connectivity index (χ1n) is 5.79. The quantitative estimate of drug-likeness (QED) is 0.926. The number of amides is 1. The van der Waals surface area contributed by atoms with E-state index in [0.717, 1.165) is 5.56 Å². The van der Waals surface area contributed by atoms with E-state index in [1.165, 1.54) is 0 Å². The Bertz CT molecular complexity index is 576. The zero-order valence-electron chi connectivity index (χ0n) is 10.5. The molecule has 0 aliphatic carbocycles. The number of halogens is 3. The van der Waals surface area contributed by atoms with Crippen LogP contribution in [0.3, 0.4) is 0 Å². The van der Waals surface area contributed by atoms with Crippen LogP contribution in [0.4, 0.5) is 0 Å². The number of nitrogens with one attached hydrogen (secondary N) is 1. The zero-order valence-corrected chi connectivity index (χ0v) is 12.8. The van der Waals surface area contributed by atoms with Crippen molar-refractivity contribution < 1.29 is 4.79 Å². The second kappa shape index (κ2) is 8.10. The van der Waals surface area contributed by atoms with Gasteiger partial charge in [-0.15, -0.1) is 12.4 Å². The summed E-state index contributed by atoms with van der Waals surface area (Å²) < 4.78 is 0. The number of benzene rings is 1. The van der Waals surface area contributed by atoms with Gasteiger partial charge in [-0.1, -0.05) is 29.3 Å². The molecule has 0 unspecified atom stereocenters. The standard InChI is InChI=1S/C14H12Cl2N2O.ClH/c15-12-2-1-10(13(16)9-12)5-8-18-14(19)11-3-6-17-7-4-11;/h1-4,6-7,9H,5,8H2,(H,18,19);1H. The van der Waals surface area contributed by atoms with E-state index in [4.69, 9.17) is 23.2 Å². The molecule has 1 aromatic carbocycles. The maximum absolute atomic E-state index is 11.8. The van der Waals surface area contributed by atoms with Gasteiger partial charge in [-0.05, 0) is 36.2 Å². The fraction of sp³-hybridized carbons (Fsp3) is 0.143. The average molecular weight is 332 g/mol. The Kier molecular flexibility index (Phi) is 6.79. The Morgan fingerprint density at radius 3 is 2.50 bits per heavy atom. The van der Waals surface area contributed by atoms with Gasteiger partial charge < -0.3 is 5.32 Å². The van der Waals surface area contributed by atoms with E-state index in [9.17, 15) is 4.79 Å². The third-order valence-electron chi connectivity index (χ3n) is 2.64. The summed E-state index contributed by atoms with van der Waals surface area (Å²) in [5.74, 6) is -0.118. The molecule has 2 rings (SSSR count). The van der Waals surface area contributed by atoms with E-state index in [0.29, 0.717) is 28.6 Å². The van der Waals surface area contributed by atoms with Crippen LogP contribution in [-0.2, 0) is 6.42 Å². The topological polar surface area (TPSA) is 42.0 Å². The first-order chi connectivity index (χ1) is 9.16. The molecule has 1 N–H and O–H groups in total. The Labute approximate surface area is 133 Å². The predicted octanol–water partition coefficient (Wildman–Crippen LogP) is 3.78. The Hall–Kier alpha value is -1.29. The van der Waals surface area contributed by atoms with Crippen molar-refractivity contribution >= 4 is 41.5 Å². The second-order valence-electron chi connectivity index (χ2n) is 3.98. The Morgan fingerprint density at radius 2 is 1.85 bits per heavy atom. The fourth-order valence-electron chi connectivity index (χ4n) is 1.64. The summed E-state index contributed by atoms with van der Waals surface area (Å²) in [5.41, 5.74) is 1.55. The molecule has 0 saturated heterocycles. The van der Waals surface area contributed by atoms with Crippen LogP contribution in [-0.4, -0.2) is 17.4 Å². The highest BCUT2D eigenvalue weighted by molar-refractivity contribution is 6.35. The maximum Gasteiger partial charge on any atom is 0.251 e. The van der Waals surface area contributed by atoms with Crippen LogP contribution >= 0.6 is 35.6 Å². The van der Waals surface area contributed by atoms with Crippen LogP contribution in [0.25, 0.3) is 0 Å². The average Bonchev–Trinajstić information content (AvgIpc) is 2.42. The molecule has 6 heteroatoms. The molecule has 3 nitrogen and oxygen atoms in total. The van der Waals surface area contributed by atoms with Gasteiger partial charge in [0, 0.05) is 34.5 Å². The molecule has 106 valence electrons. The highest BCUT2D eigenvalue weighted by atomic mass is 35.5. The van der Waals surface area contributed by atoms with Gasteiger partial charge in [-0.3, -0.25) is 9.78 Å². The minimum atomic E-state index is -0.118. The molecule has 1 amide bonds. The normalized spacial score (nSPS) is 9.70. The summed E-state index contributed by atoms with van der Waals surface area (Å²) >= 11 is 11.9. The van der Waals surface area contributed by atoms with E-state index in [2.05, 4.69) is 10.3 Å². The molecular formula is C14H13Cl3N2O. The monoisotopic (exact) mass is 330 g/mol. The molecule has 0 fully saturated rings. The first-order valence-corrected chi connectivity index (χ1v) is 6.54. The summed E-state index contributed by atoms with van der Waals surface area (Å²) in [6, 6.07) is 8.69. The second-order valence-corrected chi connectivity index (χ2v) is 4.82. The lowest BCUT2D eigenvalue weighted by atomic mass is 10.1. The highest BCUT2D eigenvalue weighted by Gasteiger charge is 2.05. The summed E-state index contributed by atoms with van der Waals surface area (Å²) in [6.45, 7) is 0.516. The molecule has 1 heterocycles. The lowest BCUT2D eigenvalue weighted by Crippen LogP contribution is -2.25. The number of aromatic nitrogens is 1. The van der Waals surface area contributed by atoms with Gasteiger partial charge in [0.1, 0.15) is 0 Å². The Balaban J connectivity index is 0.00000200. The van der Waals surface area contributed by atoms with Gasteiger partial charge >= 0.3 is 0 Å². The molecule has 0 saturated carbocycles. The summed E-state index contributed by atoms with van der Waals surface area (Å²) in [6.07, 6.45) is 3.84. The van der Waals surface area contributed by atoms with E-state index in [-0.39, 0.29) is 18.3 Å².